The molecule has 0 saturated heterocycles. The van der Waals surface area contributed by atoms with Crippen LogP contribution in [0.4, 0.5) is 0 Å². The van der Waals surface area contributed by atoms with Crippen LogP contribution in [-0.4, -0.2) is 15.8 Å². The van der Waals surface area contributed by atoms with Crippen LogP contribution in [0.25, 0.3) is 0 Å². The summed E-state index contributed by atoms with van der Waals surface area (Å²) in [4.78, 5) is 0. The zero-order valence-corrected chi connectivity index (χ0v) is 12.0. The Morgan fingerprint density at radius 1 is 1.30 bits per heavy atom. The van der Waals surface area contributed by atoms with Crippen LogP contribution in [0, 0.1) is 11.3 Å². The topological polar surface area (TPSA) is 53.6 Å². The number of aromatic nitrogens is 2. The summed E-state index contributed by atoms with van der Waals surface area (Å²) in [6.45, 7) is 4.82. The lowest BCUT2D eigenvalue weighted by molar-refractivity contribution is 0.337. The van der Waals surface area contributed by atoms with E-state index in [1.807, 2.05) is 47.3 Å². The number of hydrogen-bond donors (Lipinski definition) is 1. The highest BCUT2D eigenvalue weighted by molar-refractivity contribution is 5.31. The monoisotopic (exact) mass is 268 g/mol. The van der Waals surface area contributed by atoms with Crippen molar-refractivity contribution in [3.63, 3.8) is 0 Å². The fourth-order valence-electron chi connectivity index (χ4n) is 2.38. The molecule has 1 heterocycles. The molecule has 0 bridgehead atoms. The summed E-state index contributed by atoms with van der Waals surface area (Å²) < 4.78 is 1.86. The van der Waals surface area contributed by atoms with Crippen LogP contribution in [0.1, 0.15) is 25.8 Å². The Bertz CT molecular complexity index is 554. The van der Waals surface area contributed by atoms with E-state index in [0.717, 1.165) is 5.56 Å². The van der Waals surface area contributed by atoms with Gasteiger partial charge in [0.1, 0.15) is 5.54 Å². The number of rotatable bonds is 6. The van der Waals surface area contributed by atoms with Crippen LogP contribution in [0.2, 0.25) is 0 Å². The fourth-order valence-corrected chi connectivity index (χ4v) is 2.38. The molecular formula is C16H20N4. The van der Waals surface area contributed by atoms with Gasteiger partial charge in [-0.25, -0.2) is 0 Å². The first-order chi connectivity index (χ1) is 9.66. The minimum absolute atomic E-state index is 0.229. The van der Waals surface area contributed by atoms with E-state index in [1.54, 1.807) is 6.20 Å². The van der Waals surface area contributed by atoms with Crippen molar-refractivity contribution in [2.75, 3.05) is 0 Å². The van der Waals surface area contributed by atoms with Crippen LogP contribution in [-0.2, 0) is 12.1 Å². The molecule has 0 fully saturated rings. The quantitative estimate of drug-likeness (QED) is 0.876. The van der Waals surface area contributed by atoms with Gasteiger partial charge < -0.3 is 0 Å². The van der Waals surface area contributed by atoms with Gasteiger partial charge in [0.15, 0.2) is 0 Å². The lowest BCUT2D eigenvalue weighted by Crippen LogP contribution is -2.45. The molecule has 1 N–H and O–H groups in total. The summed E-state index contributed by atoms with van der Waals surface area (Å²) in [6.07, 6.45) is 4.35. The zero-order chi connectivity index (χ0) is 14.4. The van der Waals surface area contributed by atoms with E-state index in [1.165, 1.54) is 0 Å². The zero-order valence-electron chi connectivity index (χ0n) is 12.0. The molecule has 4 nitrogen and oxygen atoms in total. The molecule has 0 aliphatic rings. The van der Waals surface area contributed by atoms with Crippen LogP contribution >= 0.6 is 0 Å². The molecule has 1 aromatic carbocycles. The third kappa shape index (κ3) is 3.25. The van der Waals surface area contributed by atoms with Crippen LogP contribution in [0.15, 0.2) is 48.8 Å². The molecule has 0 saturated carbocycles. The molecule has 104 valence electrons. The van der Waals surface area contributed by atoms with Gasteiger partial charge in [0, 0.05) is 31.4 Å². The summed E-state index contributed by atoms with van der Waals surface area (Å²) in [5.74, 6) is 0. The average Bonchev–Trinajstić information content (AvgIpc) is 2.97. The number of nitrogens with one attached hydrogen (secondary N) is 1. The second-order valence-corrected chi connectivity index (χ2v) is 5.20. The largest absolute Gasteiger partial charge is 0.293 e. The molecule has 1 aromatic heterocycles. The van der Waals surface area contributed by atoms with Gasteiger partial charge in [-0.05, 0) is 25.5 Å². The SMILES string of the molecule is CC(C)NC(C#N)(CCn1cccn1)c1ccccc1. The standard InChI is InChI=1S/C16H20N4/c1-14(2)19-16(13-17,15-7-4-3-5-8-15)9-12-20-11-6-10-18-20/h3-8,10-11,14,19H,9,12H2,1-2H3. The highest BCUT2D eigenvalue weighted by Gasteiger charge is 2.32. The highest BCUT2D eigenvalue weighted by Crippen LogP contribution is 2.26. The number of nitrogens with zero attached hydrogens (tertiary/aromatic N) is 3. The van der Waals surface area contributed by atoms with E-state index in [9.17, 15) is 5.26 Å². The third-order valence-electron chi connectivity index (χ3n) is 3.27. The van der Waals surface area contributed by atoms with E-state index in [4.69, 9.17) is 0 Å². The van der Waals surface area contributed by atoms with Crippen molar-refractivity contribution in [3.05, 3.63) is 54.4 Å². The molecule has 1 atom stereocenters. The Labute approximate surface area is 120 Å². The van der Waals surface area contributed by atoms with Crippen LogP contribution in [0.3, 0.4) is 0 Å². The van der Waals surface area contributed by atoms with Gasteiger partial charge in [0.2, 0.25) is 0 Å². The summed E-state index contributed by atoms with van der Waals surface area (Å²) in [7, 11) is 0. The normalized spacial score (nSPS) is 13.9. The molecule has 0 spiro atoms. The first-order valence-corrected chi connectivity index (χ1v) is 6.88. The summed E-state index contributed by atoms with van der Waals surface area (Å²) in [6, 6.07) is 14.5. The van der Waals surface area contributed by atoms with Gasteiger partial charge in [-0.3, -0.25) is 10.00 Å². The first-order valence-electron chi connectivity index (χ1n) is 6.88. The molecule has 0 aliphatic carbocycles. The number of benzene rings is 1. The Morgan fingerprint density at radius 2 is 2.05 bits per heavy atom. The third-order valence-corrected chi connectivity index (χ3v) is 3.27. The van der Waals surface area contributed by atoms with Crippen molar-refractivity contribution >= 4 is 0 Å². The van der Waals surface area contributed by atoms with E-state index < -0.39 is 5.54 Å². The van der Waals surface area contributed by atoms with Crippen molar-refractivity contribution < 1.29 is 0 Å². The summed E-state index contributed by atoms with van der Waals surface area (Å²) in [5, 5.41) is 17.4. The molecular weight excluding hydrogens is 248 g/mol. The predicted octanol–water partition coefficient (Wildman–Crippen LogP) is 2.69. The molecule has 0 radical (unpaired) electrons. The van der Waals surface area contributed by atoms with Gasteiger partial charge in [0.05, 0.1) is 6.07 Å². The van der Waals surface area contributed by atoms with Crippen molar-refractivity contribution in [1.29, 1.82) is 5.26 Å². The molecule has 2 rings (SSSR count). The van der Waals surface area contributed by atoms with Crippen molar-refractivity contribution in [2.24, 2.45) is 0 Å². The maximum atomic E-state index is 9.77. The smallest absolute Gasteiger partial charge is 0.134 e. The van der Waals surface area contributed by atoms with E-state index >= 15 is 0 Å². The van der Waals surface area contributed by atoms with Crippen LogP contribution < -0.4 is 5.32 Å². The summed E-state index contributed by atoms with van der Waals surface area (Å²) in [5.41, 5.74) is 0.324. The molecule has 1 unspecified atom stereocenters. The molecule has 20 heavy (non-hydrogen) atoms. The predicted molar refractivity (Wildman–Crippen MR) is 78.8 cm³/mol. The van der Waals surface area contributed by atoms with Crippen molar-refractivity contribution in [3.8, 4) is 6.07 Å². The minimum atomic E-state index is -0.679. The van der Waals surface area contributed by atoms with E-state index in [-0.39, 0.29) is 6.04 Å². The fraction of sp³-hybridized carbons (Fsp3) is 0.375. The van der Waals surface area contributed by atoms with Gasteiger partial charge in [-0.15, -0.1) is 0 Å². The van der Waals surface area contributed by atoms with Gasteiger partial charge >= 0.3 is 0 Å². The number of aryl methyl sites for hydroxylation is 1. The Hall–Kier alpha value is -2.12. The second-order valence-electron chi connectivity index (χ2n) is 5.20. The number of nitriles is 1. The molecule has 2 aromatic rings. The van der Waals surface area contributed by atoms with Gasteiger partial charge in [0.25, 0.3) is 0 Å². The maximum Gasteiger partial charge on any atom is 0.134 e. The van der Waals surface area contributed by atoms with Crippen LogP contribution in [0.5, 0.6) is 0 Å². The van der Waals surface area contributed by atoms with Gasteiger partial charge in [-0.1, -0.05) is 30.3 Å². The van der Waals surface area contributed by atoms with Crippen molar-refractivity contribution in [2.45, 2.75) is 38.4 Å². The Kier molecular flexibility index (Phi) is 4.54. The van der Waals surface area contributed by atoms with E-state index in [0.29, 0.717) is 13.0 Å². The Morgan fingerprint density at radius 3 is 2.60 bits per heavy atom. The highest BCUT2D eigenvalue weighted by atomic mass is 15.3. The Balaban J connectivity index is 2.25. The van der Waals surface area contributed by atoms with E-state index in [2.05, 4.69) is 30.3 Å². The maximum absolute atomic E-state index is 9.77. The summed E-state index contributed by atoms with van der Waals surface area (Å²) >= 11 is 0. The molecule has 0 amide bonds. The second kappa shape index (κ2) is 6.36. The van der Waals surface area contributed by atoms with Crippen molar-refractivity contribution in [1.82, 2.24) is 15.1 Å². The average molecular weight is 268 g/mol. The van der Waals surface area contributed by atoms with Gasteiger partial charge in [-0.2, -0.15) is 10.4 Å². The molecule has 4 heteroatoms. The number of hydrogen-bond acceptors (Lipinski definition) is 3. The lowest BCUT2D eigenvalue weighted by Gasteiger charge is -2.30. The first kappa shape index (κ1) is 14.3. The minimum Gasteiger partial charge on any atom is -0.293 e. The molecule has 0 aliphatic heterocycles. The lowest BCUT2D eigenvalue weighted by atomic mass is 9.87.